The maximum Gasteiger partial charge on any atom is 0.173 e. The molecule has 0 saturated carbocycles. The molecule has 2 N–H and O–H groups in total. The number of nitrogens with zero attached hydrogens (tertiary/aromatic N) is 1. The zero-order valence-electron chi connectivity index (χ0n) is 13.9. The fraction of sp³-hybridized carbons (Fsp3) is 0.250. The lowest BCUT2D eigenvalue weighted by molar-refractivity contribution is -0.0615. The lowest BCUT2D eigenvalue weighted by Gasteiger charge is -2.37. The highest BCUT2D eigenvalue weighted by atomic mass is 32.1. The maximum absolute atomic E-state index is 5.96. The maximum atomic E-state index is 5.96. The molecule has 1 spiro atoms. The molecular formula is C20H21N3OS. The quantitative estimate of drug-likeness (QED) is 0.805. The van der Waals surface area contributed by atoms with Crippen LogP contribution in [0, 0.1) is 0 Å². The first-order valence-electron chi connectivity index (χ1n) is 8.57. The van der Waals surface area contributed by atoms with Crippen molar-refractivity contribution in [1.29, 1.82) is 0 Å². The number of piperidine rings is 1. The van der Waals surface area contributed by atoms with E-state index in [1.165, 1.54) is 0 Å². The van der Waals surface area contributed by atoms with E-state index in [1.54, 1.807) is 0 Å². The van der Waals surface area contributed by atoms with Crippen molar-refractivity contribution in [2.75, 3.05) is 18.4 Å². The molecule has 2 aliphatic heterocycles. The van der Waals surface area contributed by atoms with Gasteiger partial charge in [0.2, 0.25) is 0 Å². The smallest absolute Gasteiger partial charge is 0.173 e. The predicted molar refractivity (Wildman–Crippen MR) is 105 cm³/mol. The van der Waals surface area contributed by atoms with Crippen molar-refractivity contribution >= 4 is 28.7 Å². The molecule has 0 amide bonds. The van der Waals surface area contributed by atoms with Crippen molar-refractivity contribution in [3.63, 3.8) is 0 Å². The van der Waals surface area contributed by atoms with E-state index < -0.39 is 0 Å². The van der Waals surface area contributed by atoms with E-state index in [0.29, 0.717) is 0 Å². The number of likely N-dealkylation sites (tertiary alicyclic amines) is 1. The molecule has 2 heterocycles. The Hall–Kier alpha value is -2.37. The highest BCUT2D eigenvalue weighted by molar-refractivity contribution is 7.80. The van der Waals surface area contributed by atoms with Crippen LogP contribution < -0.4 is 10.8 Å². The number of rotatable bonds is 2. The Morgan fingerprint density at radius 2 is 1.64 bits per heavy atom. The summed E-state index contributed by atoms with van der Waals surface area (Å²) in [6.07, 6.45) is 4.05. The number of hydrogen-bond donors (Lipinski definition) is 2. The molecule has 0 unspecified atom stereocenters. The summed E-state index contributed by atoms with van der Waals surface area (Å²) in [5.74, 6) is 0. The molecular weight excluding hydrogens is 330 g/mol. The Bertz CT molecular complexity index is 768. The standard InChI is InChI=1S/C20H21N3OS/c25-19(21-17-9-5-2-6-10-17)23-13-11-20(12-14-23)15-18(22-24-20)16-7-3-1-4-8-16/h1-10,15,22H,11-14H2,(H,21,25). The zero-order chi connectivity index (χ0) is 17.1. The second-order valence-corrected chi connectivity index (χ2v) is 6.86. The van der Waals surface area contributed by atoms with Gasteiger partial charge in [-0.1, -0.05) is 48.5 Å². The van der Waals surface area contributed by atoms with E-state index in [-0.39, 0.29) is 5.60 Å². The van der Waals surface area contributed by atoms with Crippen LogP contribution in [0.2, 0.25) is 0 Å². The first kappa shape index (κ1) is 16.1. The van der Waals surface area contributed by atoms with E-state index in [1.807, 2.05) is 48.5 Å². The minimum absolute atomic E-state index is 0.232. The van der Waals surface area contributed by atoms with Crippen LogP contribution in [0.25, 0.3) is 5.70 Å². The molecule has 0 bridgehead atoms. The summed E-state index contributed by atoms with van der Waals surface area (Å²) >= 11 is 5.56. The number of thiocarbonyl (C=S) groups is 1. The molecule has 128 valence electrons. The summed E-state index contributed by atoms with van der Waals surface area (Å²) in [6, 6.07) is 20.3. The Kier molecular flexibility index (Phi) is 4.42. The average Bonchev–Trinajstić information content (AvgIpc) is 3.07. The summed E-state index contributed by atoms with van der Waals surface area (Å²) in [6.45, 7) is 1.75. The van der Waals surface area contributed by atoms with Gasteiger partial charge in [-0.15, -0.1) is 0 Å². The van der Waals surface area contributed by atoms with Crippen LogP contribution >= 0.6 is 12.2 Å². The van der Waals surface area contributed by atoms with Gasteiger partial charge >= 0.3 is 0 Å². The number of para-hydroxylation sites is 1. The van der Waals surface area contributed by atoms with Crippen molar-refractivity contribution in [2.45, 2.75) is 18.4 Å². The van der Waals surface area contributed by atoms with E-state index in [2.05, 4.69) is 33.9 Å². The fourth-order valence-corrected chi connectivity index (χ4v) is 3.60. The SMILES string of the molecule is S=C(Nc1ccccc1)N1CCC2(C=C(c3ccccc3)NO2)CC1. The monoisotopic (exact) mass is 351 g/mol. The first-order chi connectivity index (χ1) is 12.2. The van der Waals surface area contributed by atoms with Gasteiger partial charge in [0.1, 0.15) is 5.60 Å². The molecule has 2 aromatic rings. The molecule has 4 nitrogen and oxygen atoms in total. The van der Waals surface area contributed by atoms with Gasteiger partial charge in [0.25, 0.3) is 0 Å². The van der Waals surface area contributed by atoms with Crippen molar-refractivity contribution in [2.24, 2.45) is 0 Å². The van der Waals surface area contributed by atoms with Crippen molar-refractivity contribution < 1.29 is 4.84 Å². The fourth-order valence-electron chi connectivity index (χ4n) is 3.30. The number of nitrogens with one attached hydrogen (secondary N) is 2. The van der Waals surface area contributed by atoms with Gasteiger partial charge in [0, 0.05) is 31.6 Å². The number of benzene rings is 2. The van der Waals surface area contributed by atoms with E-state index in [4.69, 9.17) is 17.1 Å². The molecule has 0 aromatic heterocycles. The van der Waals surface area contributed by atoms with E-state index >= 15 is 0 Å². The lowest BCUT2D eigenvalue weighted by Crippen LogP contribution is -2.48. The van der Waals surface area contributed by atoms with Crippen molar-refractivity contribution in [1.82, 2.24) is 10.4 Å². The summed E-state index contributed by atoms with van der Waals surface area (Å²) in [5, 5.41) is 4.09. The molecule has 25 heavy (non-hydrogen) atoms. The number of hydroxylamine groups is 1. The average molecular weight is 351 g/mol. The topological polar surface area (TPSA) is 36.5 Å². The molecule has 0 radical (unpaired) electrons. The van der Waals surface area contributed by atoms with Gasteiger partial charge in [-0.25, -0.2) is 0 Å². The Morgan fingerprint density at radius 1 is 1.00 bits per heavy atom. The van der Waals surface area contributed by atoms with Crippen LogP contribution in [0.3, 0.4) is 0 Å². The molecule has 1 saturated heterocycles. The largest absolute Gasteiger partial charge is 0.349 e. The highest BCUT2D eigenvalue weighted by Gasteiger charge is 2.39. The van der Waals surface area contributed by atoms with Crippen LogP contribution in [0.4, 0.5) is 5.69 Å². The number of hydrogen-bond acceptors (Lipinski definition) is 3. The molecule has 2 aliphatic rings. The predicted octanol–water partition coefficient (Wildman–Crippen LogP) is 3.79. The lowest BCUT2D eigenvalue weighted by atomic mass is 9.90. The Balaban J connectivity index is 1.38. The second kappa shape index (κ2) is 6.86. The molecule has 5 heteroatoms. The third-order valence-electron chi connectivity index (χ3n) is 4.78. The Labute approximate surface area is 153 Å². The van der Waals surface area contributed by atoms with Gasteiger partial charge in [0.05, 0.1) is 5.70 Å². The molecule has 4 rings (SSSR count). The molecule has 2 aromatic carbocycles. The third kappa shape index (κ3) is 3.52. The van der Waals surface area contributed by atoms with Crippen LogP contribution in [0.1, 0.15) is 18.4 Å². The van der Waals surface area contributed by atoms with Gasteiger partial charge in [0.15, 0.2) is 5.11 Å². The number of anilines is 1. The zero-order valence-corrected chi connectivity index (χ0v) is 14.8. The van der Waals surface area contributed by atoms with Crippen LogP contribution in [-0.4, -0.2) is 28.7 Å². The van der Waals surface area contributed by atoms with Gasteiger partial charge in [-0.2, -0.15) is 0 Å². The van der Waals surface area contributed by atoms with Crippen LogP contribution in [0.15, 0.2) is 66.7 Å². The van der Waals surface area contributed by atoms with Crippen LogP contribution in [-0.2, 0) is 4.84 Å². The normalized spacial score (nSPS) is 18.6. The van der Waals surface area contributed by atoms with Crippen molar-refractivity contribution in [3.05, 3.63) is 72.3 Å². The second-order valence-electron chi connectivity index (χ2n) is 6.48. The van der Waals surface area contributed by atoms with Crippen molar-refractivity contribution in [3.8, 4) is 0 Å². The third-order valence-corrected chi connectivity index (χ3v) is 5.14. The van der Waals surface area contributed by atoms with E-state index in [9.17, 15) is 0 Å². The summed E-state index contributed by atoms with van der Waals surface area (Å²) in [7, 11) is 0. The summed E-state index contributed by atoms with van der Waals surface area (Å²) in [5.41, 5.74) is 6.12. The summed E-state index contributed by atoms with van der Waals surface area (Å²) < 4.78 is 0. The minimum atomic E-state index is -0.232. The first-order valence-corrected chi connectivity index (χ1v) is 8.98. The summed E-state index contributed by atoms with van der Waals surface area (Å²) in [4.78, 5) is 8.18. The van der Waals surface area contributed by atoms with Gasteiger partial charge in [-0.05, 0) is 36.0 Å². The highest BCUT2D eigenvalue weighted by Crippen LogP contribution is 2.34. The Morgan fingerprint density at radius 3 is 2.32 bits per heavy atom. The van der Waals surface area contributed by atoms with E-state index in [0.717, 1.165) is 48.0 Å². The molecule has 0 atom stereocenters. The van der Waals surface area contributed by atoms with Crippen LogP contribution in [0.5, 0.6) is 0 Å². The minimum Gasteiger partial charge on any atom is -0.349 e. The van der Waals surface area contributed by atoms with Gasteiger partial charge < -0.3 is 10.2 Å². The molecule has 0 aliphatic carbocycles. The molecule has 1 fully saturated rings. The van der Waals surface area contributed by atoms with Gasteiger partial charge in [-0.3, -0.25) is 10.3 Å².